The molecule has 0 fully saturated rings. The van der Waals surface area contributed by atoms with E-state index in [-0.39, 0.29) is 29.4 Å². The van der Waals surface area contributed by atoms with Gasteiger partial charge in [-0.05, 0) is 43.7 Å². The molecule has 0 bridgehead atoms. The largest absolute Gasteiger partial charge is 0.435 e. The van der Waals surface area contributed by atoms with Gasteiger partial charge in [-0.15, -0.1) is 0 Å². The molecule has 0 aliphatic carbocycles. The van der Waals surface area contributed by atoms with Crippen LogP contribution < -0.4 is 16.4 Å². The van der Waals surface area contributed by atoms with Crippen molar-refractivity contribution in [3.8, 4) is 5.69 Å². The molecule has 0 aliphatic rings. The Labute approximate surface area is 192 Å². The molecule has 11 heteroatoms. The van der Waals surface area contributed by atoms with Gasteiger partial charge in [0.05, 0.1) is 11.7 Å². The third-order valence-corrected chi connectivity index (χ3v) is 4.79. The first-order valence-corrected chi connectivity index (χ1v) is 10.2. The molecule has 34 heavy (non-hydrogen) atoms. The second-order valence-corrected chi connectivity index (χ2v) is 7.59. The monoisotopic (exact) mass is 473 g/mol. The molecule has 4 N–H and O–H groups in total. The van der Waals surface area contributed by atoms with Crippen LogP contribution in [0.1, 0.15) is 46.0 Å². The molecule has 0 unspecified atom stereocenters. The second-order valence-electron chi connectivity index (χ2n) is 7.59. The fourth-order valence-corrected chi connectivity index (χ4v) is 3.04. The van der Waals surface area contributed by atoms with Crippen molar-refractivity contribution in [2.45, 2.75) is 32.6 Å². The van der Waals surface area contributed by atoms with Crippen molar-refractivity contribution in [1.82, 2.24) is 15.1 Å². The quantitative estimate of drug-likeness (QED) is 0.455. The molecule has 0 spiro atoms. The maximum atomic E-state index is 13.4. The number of halogens is 3. The summed E-state index contributed by atoms with van der Waals surface area (Å²) in [6, 6.07) is 12.2. The van der Waals surface area contributed by atoms with Crippen molar-refractivity contribution in [1.29, 1.82) is 0 Å². The van der Waals surface area contributed by atoms with Gasteiger partial charge in [-0.1, -0.05) is 24.3 Å². The highest BCUT2D eigenvalue weighted by Gasteiger charge is 2.36. The number of Topliss-reactive ketones (excluding diaryl/α,β-unsaturated/α-hetero) is 1. The number of hydrogen-bond acceptors (Lipinski definition) is 5. The van der Waals surface area contributed by atoms with Gasteiger partial charge in [-0.25, -0.2) is 4.68 Å². The standard InChI is InChI=1S/C23H22F3N5O3/c1-13(27)21(33)28-12-15-5-3-8-18(9-15)31-19(11-20(30-31)23(24,25)26)22(34)29-17-7-4-6-16(10-17)14(2)32/h3-11,13H,12,27H2,1-2H3,(H,28,33)(H,29,34)/t13-/m0/s1. The van der Waals surface area contributed by atoms with Crippen molar-refractivity contribution in [3.05, 3.63) is 77.1 Å². The SMILES string of the molecule is CC(=O)c1cccc(NC(=O)c2cc(C(F)(F)F)nn2-c2cccc(CNC(=O)[C@H](C)N)c2)c1. The summed E-state index contributed by atoms with van der Waals surface area (Å²) in [6.45, 7) is 2.96. The van der Waals surface area contributed by atoms with Crippen molar-refractivity contribution < 1.29 is 27.6 Å². The normalized spacial score (nSPS) is 12.2. The lowest BCUT2D eigenvalue weighted by Gasteiger charge is -2.11. The van der Waals surface area contributed by atoms with E-state index in [0.29, 0.717) is 17.2 Å². The molecule has 0 saturated heterocycles. The molecule has 0 radical (unpaired) electrons. The molecule has 178 valence electrons. The van der Waals surface area contributed by atoms with E-state index in [9.17, 15) is 27.6 Å². The fraction of sp³-hybridized carbons (Fsp3) is 0.217. The number of alkyl halides is 3. The molecular formula is C23H22F3N5O3. The van der Waals surface area contributed by atoms with Gasteiger partial charge < -0.3 is 16.4 Å². The Balaban J connectivity index is 1.95. The molecule has 0 saturated carbocycles. The third-order valence-electron chi connectivity index (χ3n) is 4.79. The number of nitrogens with two attached hydrogens (primary N) is 1. The predicted molar refractivity (Wildman–Crippen MR) is 118 cm³/mol. The summed E-state index contributed by atoms with van der Waals surface area (Å²) in [6.07, 6.45) is -4.78. The zero-order valence-corrected chi connectivity index (χ0v) is 18.3. The molecule has 3 rings (SSSR count). The lowest BCUT2D eigenvalue weighted by Crippen LogP contribution is -2.37. The Hall–Kier alpha value is -3.99. The zero-order valence-electron chi connectivity index (χ0n) is 18.3. The van der Waals surface area contributed by atoms with Crippen LogP contribution in [0.15, 0.2) is 54.6 Å². The Morgan fingerprint density at radius 2 is 1.79 bits per heavy atom. The van der Waals surface area contributed by atoms with E-state index in [1.807, 2.05) is 0 Å². The average molecular weight is 473 g/mol. The van der Waals surface area contributed by atoms with E-state index in [4.69, 9.17) is 5.73 Å². The molecule has 1 atom stereocenters. The van der Waals surface area contributed by atoms with Crippen LogP contribution >= 0.6 is 0 Å². The Morgan fingerprint density at radius 1 is 1.09 bits per heavy atom. The van der Waals surface area contributed by atoms with E-state index < -0.39 is 29.7 Å². The topological polar surface area (TPSA) is 119 Å². The highest BCUT2D eigenvalue weighted by molar-refractivity contribution is 6.04. The summed E-state index contributed by atoms with van der Waals surface area (Å²) < 4.78 is 41.0. The second kappa shape index (κ2) is 9.87. The Bertz CT molecular complexity index is 1230. The van der Waals surface area contributed by atoms with E-state index >= 15 is 0 Å². The van der Waals surface area contributed by atoms with Crippen LogP contribution in [0.4, 0.5) is 18.9 Å². The van der Waals surface area contributed by atoms with Crippen LogP contribution in [-0.4, -0.2) is 33.4 Å². The van der Waals surface area contributed by atoms with Crippen LogP contribution in [0.2, 0.25) is 0 Å². The minimum absolute atomic E-state index is 0.0843. The number of rotatable bonds is 7. The summed E-state index contributed by atoms with van der Waals surface area (Å²) >= 11 is 0. The summed E-state index contributed by atoms with van der Waals surface area (Å²) in [5.74, 6) is -1.47. The first kappa shape index (κ1) is 24.6. The maximum absolute atomic E-state index is 13.4. The molecular weight excluding hydrogens is 451 g/mol. The van der Waals surface area contributed by atoms with Gasteiger partial charge in [0, 0.05) is 23.9 Å². The number of carbonyl (C=O) groups is 3. The van der Waals surface area contributed by atoms with Crippen molar-refractivity contribution in [2.75, 3.05) is 5.32 Å². The highest BCUT2D eigenvalue weighted by Crippen LogP contribution is 2.30. The van der Waals surface area contributed by atoms with Crippen LogP contribution in [0.5, 0.6) is 0 Å². The third kappa shape index (κ3) is 5.87. The number of nitrogens with one attached hydrogen (secondary N) is 2. The maximum Gasteiger partial charge on any atom is 0.435 e. The van der Waals surface area contributed by atoms with Gasteiger partial charge >= 0.3 is 6.18 Å². The van der Waals surface area contributed by atoms with Gasteiger partial charge in [0.2, 0.25) is 5.91 Å². The number of nitrogens with zero attached hydrogens (tertiary/aromatic N) is 2. The number of anilines is 1. The van der Waals surface area contributed by atoms with E-state index in [1.54, 1.807) is 24.3 Å². The lowest BCUT2D eigenvalue weighted by atomic mass is 10.1. The smallest absolute Gasteiger partial charge is 0.351 e. The minimum Gasteiger partial charge on any atom is -0.351 e. The van der Waals surface area contributed by atoms with Crippen LogP contribution in [0, 0.1) is 0 Å². The molecule has 2 aromatic carbocycles. The minimum atomic E-state index is -4.78. The van der Waals surface area contributed by atoms with E-state index in [0.717, 1.165) is 4.68 Å². The number of ketones is 1. The molecule has 2 amide bonds. The van der Waals surface area contributed by atoms with Crippen molar-refractivity contribution in [3.63, 3.8) is 0 Å². The molecule has 3 aromatic rings. The van der Waals surface area contributed by atoms with E-state index in [1.165, 1.54) is 38.1 Å². The lowest BCUT2D eigenvalue weighted by molar-refractivity contribution is -0.141. The number of amides is 2. The molecule has 0 aliphatic heterocycles. The highest BCUT2D eigenvalue weighted by atomic mass is 19.4. The summed E-state index contributed by atoms with van der Waals surface area (Å²) in [5, 5.41) is 8.71. The zero-order chi connectivity index (χ0) is 25.0. The fourth-order valence-electron chi connectivity index (χ4n) is 3.04. The first-order chi connectivity index (χ1) is 16.0. The number of carbonyl (C=O) groups excluding carboxylic acids is 3. The summed E-state index contributed by atoms with van der Waals surface area (Å²) in [4.78, 5) is 36.2. The summed E-state index contributed by atoms with van der Waals surface area (Å²) in [5.41, 5.74) is 5.23. The number of hydrogen-bond donors (Lipinski definition) is 3. The molecule has 8 nitrogen and oxygen atoms in total. The van der Waals surface area contributed by atoms with Gasteiger partial charge in [0.25, 0.3) is 5.91 Å². The van der Waals surface area contributed by atoms with Crippen molar-refractivity contribution >= 4 is 23.3 Å². The van der Waals surface area contributed by atoms with Crippen molar-refractivity contribution in [2.24, 2.45) is 5.73 Å². The number of benzene rings is 2. The van der Waals surface area contributed by atoms with Gasteiger partial charge in [-0.3, -0.25) is 14.4 Å². The van der Waals surface area contributed by atoms with Crippen LogP contribution in [0.25, 0.3) is 5.69 Å². The van der Waals surface area contributed by atoms with Gasteiger partial charge in [0.15, 0.2) is 11.5 Å². The Morgan fingerprint density at radius 3 is 2.44 bits per heavy atom. The van der Waals surface area contributed by atoms with Crippen LogP contribution in [-0.2, 0) is 17.5 Å². The average Bonchev–Trinajstić information content (AvgIpc) is 3.24. The van der Waals surface area contributed by atoms with Gasteiger partial charge in [-0.2, -0.15) is 18.3 Å². The first-order valence-electron chi connectivity index (χ1n) is 10.2. The Kier molecular flexibility index (Phi) is 7.16. The molecule has 1 heterocycles. The van der Waals surface area contributed by atoms with Crippen LogP contribution in [0.3, 0.4) is 0 Å². The number of aromatic nitrogens is 2. The predicted octanol–water partition coefficient (Wildman–Crippen LogP) is 3.31. The van der Waals surface area contributed by atoms with Gasteiger partial charge in [0.1, 0.15) is 5.69 Å². The van der Waals surface area contributed by atoms with E-state index in [2.05, 4.69) is 15.7 Å². The summed E-state index contributed by atoms with van der Waals surface area (Å²) in [7, 11) is 0. The molecule has 1 aromatic heterocycles.